The van der Waals surface area contributed by atoms with Crippen molar-refractivity contribution in [3.05, 3.63) is 4.88 Å². The highest BCUT2D eigenvalue weighted by Gasteiger charge is 2.26. The number of likely N-dealkylation sites (tertiary alicyclic amines) is 1. The van der Waals surface area contributed by atoms with E-state index in [0.29, 0.717) is 16.6 Å². The third-order valence-corrected chi connectivity index (χ3v) is 5.64. The van der Waals surface area contributed by atoms with E-state index in [1.54, 1.807) is 0 Å². The fourth-order valence-electron chi connectivity index (χ4n) is 3.13. The van der Waals surface area contributed by atoms with Crippen molar-refractivity contribution >= 4 is 28.2 Å². The van der Waals surface area contributed by atoms with Gasteiger partial charge in [-0.3, -0.25) is 4.79 Å². The summed E-state index contributed by atoms with van der Waals surface area (Å²) in [5.41, 5.74) is 6.01. The molecule has 3 rings (SSSR count). The molecule has 0 aromatic carbocycles. The lowest BCUT2D eigenvalue weighted by Crippen LogP contribution is -2.31. The zero-order valence-corrected chi connectivity index (χ0v) is 13.5. The molecule has 1 aromatic heterocycles. The summed E-state index contributed by atoms with van der Waals surface area (Å²) in [5, 5.41) is 0.913. The Labute approximate surface area is 130 Å². The lowest BCUT2D eigenvalue weighted by Gasteiger charge is -2.19. The molecule has 2 saturated heterocycles. The van der Waals surface area contributed by atoms with E-state index in [0.717, 1.165) is 44.2 Å². The number of hydrogen-bond acceptors (Lipinski definition) is 5. The lowest BCUT2D eigenvalue weighted by atomic mass is 10.0. The van der Waals surface area contributed by atoms with Crippen molar-refractivity contribution in [2.45, 2.75) is 39.0 Å². The molecule has 1 unspecified atom stereocenters. The van der Waals surface area contributed by atoms with Crippen LogP contribution in [0.4, 0.5) is 10.9 Å². The van der Waals surface area contributed by atoms with Crippen molar-refractivity contribution < 1.29 is 4.79 Å². The van der Waals surface area contributed by atoms with Gasteiger partial charge < -0.3 is 15.5 Å². The van der Waals surface area contributed by atoms with E-state index in [2.05, 4.69) is 16.8 Å². The van der Waals surface area contributed by atoms with Crippen LogP contribution in [-0.2, 0) is 0 Å². The molecule has 0 bridgehead atoms. The summed E-state index contributed by atoms with van der Waals surface area (Å²) in [7, 11) is 0. The first-order chi connectivity index (χ1) is 10.1. The van der Waals surface area contributed by atoms with E-state index in [1.165, 1.54) is 30.6 Å². The third-order valence-electron chi connectivity index (χ3n) is 4.52. The van der Waals surface area contributed by atoms with Gasteiger partial charge in [0, 0.05) is 26.2 Å². The first-order valence-electron chi connectivity index (χ1n) is 7.95. The molecule has 1 aromatic rings. The van der Waals surface area contributed by atoms with Crippen molar-refractivity contribution in [2.75, 3.05) is 36.8 Å². The molecule has 21 heavy (non-hydrogen) atoms. The van der Waals surface area contributed by atoms with E-state index in [9.17, 15) is 4.79 Å². The Kier molecular flexibility index (Phi) is 4.33. The van der Waals surface area contributed by atoms with Crippen LogP contribution in [-0.4, -0.2) is 42.0 Å². The topological polar surface area (TPSA) is 62.5 Å². The number of nitrogens with two attached hydrogens (primary N) is 1. The Bertz CT molecular complexity index is 510. The summed E-state index contributed by atoms with van der Waals surface area (Å²) in [4.78, 5) is 22.0. The Morgan fingerprint density at radius 1 is 1.19 bits per heavy atom. The Hall–Kier alpha value is -1.30. The summed E-state index contributed by atoms with van der Waals surface area (Å²) < 4.78 is 0. The minimum absolute atomic E-state index is 0.0737. The highest BCUT2D eigenvalue weighted by Crippen LogP contribution is 2.31. The van der Waals surface area contributed by atoms with Crippen LogP contribution in [0.25, 0.3) is 0 Å². The van der Waals surface area contributed by atoms with Gasteiger partial charge in [0.1, 0.15) is 10.7 Å². The van der Waals surface area contributed by atoms with Gasteiger partial charge in [0.05, 0.1) is 0 Å². The number of thiazole rings is 1. The van der Waals surface area contributed by atoms with E-state index in [-0.39, 0.29) is 5.91 Å². The number of amides is 1. The molecule has 2 fully saturated rings. The van der Waals surface area contributed by atoms with Crippen LogP contribution in [0, 0.1) is 5.92 Å². The van der Waals surface area contributed by atoms with Crippen molar-refractivity contribution in [3.63, 3.8) is 0 Å². The minimum Gasteiger partial charge on any atom is -0.382 e. The van der Waals surface area contributed by atoms with E-state index < -0.39 is 0 Å². The van der Waals surface area contributed by atoms with Crippen LogP contribution >= 0.6 is 11.3 Å². The second-order valence-corrected chi connectivity index (χ2v) is 7.21. The van der Waals surface area contributed by atoms with E-state index >= 15 is 0 Å². The van der Waals surface area contributed by atoms with Crippen LogP contribution in [0.1, 0.15) is 48.7 Å². The van der Waals surface area contributed by atoms with Gasteiger partial charge in [0.25, 0.3) is 5.91 Å². The van der Waals surface area contributed by atoms with Crippen molar-refractivity contribution in [1.82, 2.24) is 9.88 Å². The standard InChI is InChI=1S/C15H24N4OS/c1-11-5-4-9-18(10-6-11)14(20)12-13(16)17-15(21-12)19-7-2-3-8-19/h11H,2-10,16H2,1H3. The monoisotopic (exact) mass is 308 g/mol. The molecule has 116 valence electrons. The maximum absolute atomic E-state index is 12.7. The quantitative estimate of drug-likeness (QED) is 0.912. The Balaban J connectivity index is 1.74. The number of carbonyl (C=O) groups is 1. The normalized spacial score (nSPS) is 23.4. The summed E-state index contributed by atoms with van der Waals surface area (Å²) in [6, 6.07) is 0. The zero-order valence-electron chi connectivity index (χ0n) is 12.7. The van der Waals surface area contributed by atoms with Gasteiger partial charge in [-0.25, -0.2) is 4.98 Å². The zero-order chi connectivity index (χ0) is 14.8. The highest BCUT2D eigenvalue weighted by atomic mass is 32.1. The fourth-order valence-corrected chi connectivity index (χ4v) is 4.13. The molecule has 6 heteroatoms. The number of carbonyl (C=O) groups excluding carboxylic acids is 1. The molecule has 0 saturated carbocycles. The van der Waals surface area contributed by atoms with Crippen molar-refractivity contribution in [2.24, 2.45) is 5.92 Å². The van der Waals surface area contributed by atoms with Gasteiger partial charge in [0.2, 0.25) is 0 Å². The van der Waals surface area contributed by atoms with E-state index in [1.807, 2.05) is 4.90 Å². The second-order valence-electron chi connectivity index (χ2n) is 6.23. The van der Waals surface area contributed by atoms with Crippen LogP contribution in [0.3, 0.4) is 0 Å². The molecule has 0 aliphatic carbocycles. The average molecular weight is 308 g/mol. The van der Waals surface area contributed by atoms with Gasteiger partial charge in [-0.2, -0.15) is 0 Å². The maximum Gasteiger partial charge on any atom is 0.267 e. The van der Waals surface area contributed by atoms with Gasteiger partial charge in [0.15, 0.2) is 5.13 Å². The number of anilines is 2. The summed E-state index contributed by atoms with van der Waals surface area (Å²) in [5.74, 6) is 1.19. The van der Waals surface area contributed by atoms with Crippen LogP contribution in [0.15, 0.2) is 0 Å². The lowest BCUT2D eigenvalue weighted by molar-refractivity contribution is 0.0766. The summed E-state index contributed by atoms with van der Waals surface area (Å²) in [6.07, 6.45) is 5.79. The van der Waals surface area contributed by atoms with Gasteiger partial charge >= 0.3 is 0 Å². The van der Waals surface area contributed by atoms with Crippen molar-refractivity contribution in [1.29, 1.82) is 0 Å². The SMILES string of the molecule is CC1CCCN(C(=O)c2sc(N3CCCC3)nc2N)CC1. The molecular weight excluding hydrogens is 284 g/mol. The number of hydrogen-bond donors (Lipinski definition) is 1. The Morgan fingerprint density at radius 3 is 2.71 bits per heavy atom. The highest BCUT2D eigenvalue weighted by molar-refractivity contribution is 7.18. The Morgan fingerprint density at radius 2 is 1.95 bits per heavy atom. The van der Waals surface area contributed by atoms with Gasteiger partial charge in [-0.1, -0.05) is 18.3 Å². The molecule has 2 N–H and O–H groups in total. The number of aromatic nitrogens is 1. The smallest absolute Gasteiger partial charge is 0.267 e. The predicted molar refractivity (Wildman–Crippen MR) is 86.9 cm³/mol. The van der Waals surface area contributed by atoms with Gasteiger partial charge in [-0.15, -0.1) is 0 Å². The average Bonchev–Trinajstić information content (AvgIpc) is 3.06. The second kappa shape index (κ2) is 6.22. The summed E-state index contributed by atoms with van der Waals surface area (Å²) in [6.45, 7) is 6.01. The van der Waals surface area contributed by atoms with Crippen molar-refractivity contribution in [3.8, 4) is 0 Å². The third kappa shape index (κ3) is 3.15. The largest absolute Gasteiger partial charge is 0.382 e. The number of nitrogen functional groups attached to an aromatic ring is 1. The van der Waals surface area contributed by atoms with E-state index in [4.69, 9.17) is 5.73 Å². The molecular formula is C15H24N4OS. The first-order valence-corrected chi connectivity index (χ1v) is 8.77. The van der Waals surface area contributed by atoms with Crippen LogP contribution < -0.4 is 10.6 Å². The fraction of sp³-hybridized carbons (Fsp3) is 0.733. The molecule has 0 spiro atoms. The molecule has 1 amide bonds. The number of nitrogens with zero attached hydrogens (tertiary/aromatic N) is 3. The molecule has 1 atom stereocenters. The molecule has 5 nitrogen and oxygen atoms in total. The van der Waals surface area contributed by atoms with Crippen LogP contribution in [0.2, 0.25) is 0 Å². The predicted octanol–water partition coefficient (Wildman–Crippen LogP) is 2.59. The minimum atomic E-state index is 0.0737. The summed E-state index contributed by atoms with van der Waals surface area (Å²) >= 11 is 1.46. The maximum atomic E-state index is 12.7. The molecule has 2 aliphatic rings. The van der Waals surface area contributed by atoms with Gasteiger partial charge in [-0.05, 0) is 38.0 Å². The first kappa shape index (κ1) is 14.6. The molecule has 0 radical (unpaired) electrons. The van der Waals surface area contributed by atoms with Crippen LogP contribution in [0.5, 0.6) is 0 Å². The molecule has 2 aliphatic heterocycles. The number of rotatable bonds is 2. The molecule has 3 heterocycles.